The lowest BCUT2D eigenvalue weighted by Crippen LogP contribution is -2.35. The Kier molecular flexibility index (Phi) is 0.849. The van der Waals surface area contributed by atoms with Crippen molar-refractivity contribution in [3.8, 4) is 0 Å². The van der Waals surface area contributed by atoms with E-state index in [1.165, 1.54) is 0 Å². The van der Waals surface area contributed by atoms with Crippen LogP contribution in [0.25, 0.3) is 0 Å². The first-order valence-corrected chi connectivity index (χ1v) is 2.48. The average molecular weight is 101 g/mol. The molecule has 1 aliphatic rings. The molecule has 0 aromatic heterocycles. The van der Waals surface area contributed by atoms with Crippen LogP contribution in [0.4, 0.5) is 0 Å². The highest BCUT2D eigenvalue weighted by atomic mass is 15.7. The smallest absolute Gasteiger partial charge is 0.148 e. The zero-order valence-corrected chi connectivity index (χ0v) is 4.65. The molecular weight excluding hydrogens is 90.1 g/mol. The Bertz CT molecular complexity index is 75.0. The van der Waals surface area contributed by atoms with Gasteiger partial charge in [-0.05, 0) is 0 Å². The first-order valence-electron chi connectivity index (χ1n) is 2.48. The highest BCUT2D eigenvalue weighted by Crippen LogP contribution is 2.12. The van der Waals surface area contributed by atoms with E-state index in [4.69, 9.17) is 5.73 Å². The number of hydrogen-bond donors (Lipinski definition) is 3. The van der Waals surface area contributed by atoms with Crippen LogP contribution in [0.2, 0.25) is 0 Å². The third-order valence-corrected chi connectivity index (χ3v) is 1.32. The van der Waals surface area contributed by atoms with Crippen molar-refractivity contribution in [2.45, 2.75) is 19.6 Å². The quantitative estimate of drug-likeness (QED) is 0.385. The molecular formula is C4H11N3. The summed E-state index contributed by atoms with van der Waals surface area (Å²) < 4.78 is 0. The van der Waals surface area contributed by atoms with E-state index in [2.05, 4.69) is 24.7 Å². The maximum absolute atomic E-state index is 5.57. The van der Waals surface area contributed by atoms with Crippen molar-refractivity contribution in [1.29, 1.82) is 0 Å². The van der Waals surface area contributed by atoms with Crippen LogP contribution in [-0.2, 0) is 0 Å². The van der Waals surface area contributed by atoms with Crippen LogP contribution in [-0.4, -0.2) is 5.79 Å². The minimum Gasteiger partial charge on any atom is -0.299 e. The summed E-state index contributed by atoms with van der Waals surface area (Å²) in [6.07, 6.45) is 0. The van der Waals surface area contributed by atoms with Gasteiger partial charge in [0.1, 0.15) is 5.79 Å². The van der Waals surface area contributed by atoms with Gasteiger partial charge in [-0.3, -0.25) is 5.73 Å². The lowest BCUT2D eigenvalue weighted by Gasteiger charge is -2.06. The van der Waals surface area contributed by atoms with Crippen molar-refractivity contribution >= 4 is 0 Å². The van der Waals surface area contributed by atoms with Crippen LogP contribution in [0.1, 0.15) is 13.8 Å². The highest BCUT2D eigenvalue weighted by molar-refractivity contribution is 4.89. The van der Waals surface area contributed by atoms with E-state index in [1.807, 2.05) is 0 Å². The predicted molar refractivity (Wildman–Crippen MR) is 28.0 cm³/mol. The second-order valence-corrected chi connectivity index (χ2v) is 2.27. The monoisotopic (exact) mass is 101 g/mol. The summed E-state index contributed by atoms with van der Waals surface area (Å²) in [5.41, 5.74) is 11.2. The van der Waals surface area contributed by atoms with E-state index in [0.717, 1.165) is 0 Å². The number of nitrogens with one attached hydrogen (secondary N) is 2. The molecule has 0 spiro atoms. The van der Waals surface area contributed by atoms with Crippen molar-refractivity contribution in [3.05, 3.63) is 0 Å². The molecule has 3 nitrogen and oxygen atoms in total. The lowest BCUT2D eigenvalue weighted by atomic mass is 10.1. The molecule has 0 aromatic carbocycles. The third kappa shape index (κ3) is 0.748. The molecule has 0 atom stereocenters. The van der Waals surface area contributed by atoms with E-state index in [1.54, 1.807) is 0 Å². The zero-order chi connectivity index (χ0) is 5.49. The van der Waals surface area contributed by atoms with Gasteiger partial charge in [0.05, 0.1) is 0 Å². The minimum absolute atomic E-state index is 0.250. The summed E-state index contributed by atoms with van der Waals surface area (Å²) in [5.74, 6) is 0.215. The molecule has 1 aliphatic heterocycles. The van der Waals surface area contributed by atoms with Crippen molar-refractivity contribution in [2.75, 3.05) is 0 Å². The Morgan fingerprint density at radius 1 is 1.43 bits per heavy atom. The van der Waals surface area contributed by atoms with E-state index in [-0.39, 0.29) is 5.79 Å². The molecule has 1 heterocycles. The van der Waals surface area contributed by atoms with Crippen LogP contribution in [0, 0.1) is 5.92 Å². The largest absolute Gasteiger partial charge is 0.299 e. The van der Waals surface area contributed by atoms with E-state index in [0.29, 0.717) is 5.92 Å². The fourth-order valence-corrected chi connectivity index (χ4v) is 0.361. The van der Waals surface area contributed by atoms with Crippen LogP contribution >= 0.6 is 0 Å². The van der Waals surface area contributed by atoms with Gasteiger partial charge < -0.3 is 0 Å². The van der Waals surface area contributed by atoms with Crippen LogP contribution in [0.3, 0.4) is 0 Å². The van der Waals surface area contributed by atoms with E-state index < -0.39 is 0 Å². The fraction of sp³-hybridized carbons (Fsp3) is 1.00. The van der Waals surface area contributed by atoms with Crippen LogP contribution in [0.15, 0.2) is 0 Å². The molecule has 0 radical (unpaired) electrons. The Labute approximate surface area is 43.2 Å². The molecule has 7 heavy (non-hydrogen) atoms. The van der Waals surface area contributed by atoms with Crippen molar-refractivity contribution in [3.63, 3.8) is 0 Å². The maximum atomic E-state index is 5.57. The molecule has 42 valence electrons. The Balaban J connectivity index is 2.39. The molecule has 0 bridgehead atoms. The number of hydrazine groups is 1. The molecule has 0 unspecified atom stereocenters. The molecule has 1 saturated heterocycles. The summed E-state index contributed by atoms with van der Waals surface area (Å²) in [7, 11) is 0. The molecule has 3 heteroatoms. The first-order chi connectivity index (χ1) is 3.15. The van der Waals surface area contributed by atoms with Gasteiger partial charge in [0.25, 0.3) is 0 Å². The number of rotatable bonds is 1. The van der Waals surface area contributed by atoms with Crippen LogP contribution in [0.5, 0.6) is 0 Å². The summed E-state index contributed by atoms with van der Waals surface area (Å²) in [6, 6.07) is 0. The molecule has 0 aromatic rings. The second kappa shape index (κ2) is 1.18. The molecule has 0 saturated carbocycles. The van der Waals surface area contributed by atoms with Gasteiger partial charge in [-0.1, -0.05) is 13.8 Å². The summed E-state index contributed by atoms with van der Waals surface area (Å²) in [6.45, 7) is 4.12. The lowest BCUT2D eigenvalue weighted by molar-refractivity contribution is 0.452. The molecule has 4 N–H and O–H groups in total. The van der Waals surface area contributed by atoms with Crippen molar-refractivity contribution < 1.29 is 0 Å². The van der Waals surface area contributed by atoms with Gasteiger partial charge in [0, 0.05) is 5.92 Å². The van der Waals surface area contributed by atoms with Gasteiger partial charge in [-0.15, -0.1) is 0 Å². The first kappa shape index (κ1) is 5.03. The number of nitrogens with two attached hydrogens (primary N) is 1. The SMILES string of the molecule is CC(C)C1(N)NN1. The van der Waals surface area contributed by atoms with E-state index >= 15 is 0 Å². The molecule has 0 aliphatic carbocycles. The Morgan fingerprint density at radius 3 is 1.86 bits per heavy atom. The summed E-state index contributed by atoms with van der Waals surface area (Å²) >= 11 is 0. The zero-order valence-electron chi connectivity index (χ0n) is 4.65. The van der Waals surface area contributed by atoms with Crippen molar-refractivity contribution in [1.82, 2.24) is 10.9 Å². The summed E-state index contributed by atoms with van der Waals surface area (Å²) in [5, 5.41) is 0. The average Bonchev–Trinajstić information content (AvgIpc) is 2.21. The van der Waals surface area contributed by atoms with Crippen LogP contribution < -0.4 is 16.6 Å². The van der Waals surface area contributed by atoms with Gasteiger partial charge in [0.2, 0.25) is 0 Å². The standard InChI is InChI=1S/C4H11N3/c1-3(2)4(5)6-7-4/h3,6-7H,5H2,1-2H3. The highest BCUT2D eigenvalue weighted by Gasteiger charge is 2.40. The second-order valence-electron chi connectivity index (χ2n) is 2.27. The van der Waals surface area contributed by atoms with E-state index in [9.17, 15) is 0 Å². The third-order valence-electron chi connectivity index (χ3n) is 1.32. The normalized spacial score (nSPS) is 25.7. The minimum atomic E-state index is -0.250. The van der Waals surface area contributed by atoms with Gasteiger partial charge in [-0.25, -0.2) is 10.9 Å². The predicted octanol–water partition coefficient (Wildman–Crippen LogP) is -0.637. The summed E-state index contributed by atoms with van der Waals surface area (Å²) in [4.78, 5) is 0. The van der Waals surface area contributed by atoms with Gasteiger partial charge in [-0.2, -0.15) is 0 Å². The molecule has 0 amide bonds. The topological polar surface area (TPSA) is 69.9 Å². The fourth-order valence-electron chi connectivity index (χ4n) is 0.361. The Morgan fingerprint density at radius 2 is 1.86 bits per heavy atom. The molecule has 1 rings (SSSR count). The van der Waals surface area contributed by atoms with Gasteiger partial charge in [0.15, 0.2) is 0 Å². The molecule has 1 fully saturated rings. The van der Waals surface area contributed by atoms with Gasteiger partial charge >= 0.3 is 0 Å². The maximum Gasteiger partial charge on any atom is 0.148 e. The van der Waals surface area contributed by atoms with Crippen molar-refractivity contribution in [2.24, 2.45) is 11.7 Å². The Hall–Kier alpha value is -0.120. The number of hydrogen-bond acceptors (Lipinski definition) is 3.